The van der Waals surface area contributed by atoms with Gasteiger partial charge in [-0.25, -0.2) is 4.21 Å². The normalized spacial score (nSPS) is 14.1. The Morgan fingerprint density at radius 3 is 2.61 bits per heavy atom. The van der Waals surface area contributed by atoms with E-state index in [1.807, 2.05) is 18.2 Å². The summed E-state index contributed by atoms with van der Waals surface area (Å²) in [6.07, 6.45) is 0.936. The van der Waals surface area contributed by atoms with Crippen molar-refractivity contribution in [3.05, 3.63) is 75.9 Å². The van der Waals surface area contributed by atoms with Gasteiger partial charge in [0.1, 0.15) is 16.6 Å². The third-order valence-electron chi connectivity index (χ3n) is 5.59. The molecule has 5 N–H and O–H groups in total. The summed E-state index contributed by atoms with van der Waals surface area (Å²) in [5.74, 6) is -1.50. The zero-order valence-electron chi connectivity index (χ0n) is 17.3. The molecule has 5 rings (SSSR count). The van der Waals surface area contributed by atoms with Crippen molar-refractivity contribution in [2.24, 2.45) is 0 Å². The Labute approximate surface area is 190 Å². The summed E-state index contributed by atoms with van der Waals surface area (Å²) in [6, 6.07) is 14.2. The largest absolute Gasteiger partial charge is 0.504 e. The molecule has 168 valence electrons. The van der Waals surface area contributed by atoms with Crippen LogP contribution in [-0.2, 0) is 24.0 Å². The fourth-order valence-electron chi connectivity index (χ4n) is 3.85. The van der Waals surface area contributed by atoms with E-state index in [2.05, 4.69) is 10.0 Å². The molecule has 33 heavy (non-hydrogen) atoms. The number of benzene rings is 3. The van der Waals surface area contributed by atoms with Gasteiger partial charge in [0.2, 0.25) is 11.2 Å². The fourth-order valence-corrected chi connectivity index (χ4v) is 4.75. The number of hydrogen-bond acceptors (Lipinski definition) is 7. The van der Waals surface area contributed by atoms with Crippen molar-refractivity contribution in [3.63, 3.8) is 0 Å². The molecule has 0 spiro atoms. The van der Waals surface area contributed by atoms with Crippen LogP contribution in [0.1, 0.15) is 11.1 Å². The summed E-state index contributed by atoms with van der Waals surface area (Å²) in [5.41, 5.74) is 2.55. The quantitative estimate of drug-likeness (QED) is 0.293. The number of fused-ring (bicyclic) bond motifs is 2. The standard InChI is InChI=1S/C24H20N2O6S/c27-19-5-2-14(10-20(19)28)24-23(30)22(29)18-11-16(3-6-21(18)32-24)26-33(31)17-4-1-13-7-8-25-12-15(13)9-17/h1-6,9-11,25-28,30H,7-8,12H2. The van der Waals surface area contributed by atoms with Crippen molar-refractivity contribution in [2.45, 2.75) is 17.9 Å². The van der Waals surface area contributed by atoms with Gasteiger partial charge in [0.15, 0.2) is 17.3 Å². The van der Waals surface area contributed by atoms with Crippen LogP contribution in [0.3, 0.4) is 0 Å². The molecule has 1 aliphatic rings. The predicted molar refractivity (Wildman–Crippen MR) is 125 cm³/mol. The van der Waals surface area contributed by atoms with Crippen molar-refractivity contribution >= 4 is 27.6 Å². The first-order chi connectivity index (χ1) is 15.9. The van der Waals surface area contributed by atoms with E-state index < -0.39 is 27.9 Å². The van der Waals surface area contributed by atoms with Crippen molar-refractivity contribution in [1.29, 1.82) is 0 Å². The Bertz CT molecular complexity index is 1480. The number of phenolic OH excluding ortho intramolecular Hbond substituents is 2. The second-order valence-corrected chi connectivity index (χ2v) is 8.96. The number of anilines is 1. The van der Waals surface area contributed by atoms with E-state index in [1.165, 1.54) is 35.9 Å². The molecule has 1 unspecified atom stereocenters. The second-order valence-electron chi connectivity index (χ2n) is 7.75. The monoisotopic (exact) mass is 464 g/mol. The van der Waals surface area contributed by atoms with Crippen LogP contribution < -0.4 is 15.5 Å². The van der Waals surface area contributed by atoms with Gasteiger partial charge in [-0.2, -0.15) is 0 Å². The summed E-state index contributed by atoms with van der Waals surface area (Å²) < 4.78 is 21.5. The first kappa shape index (κ1) is 21.0. The van der Waals surface area contributed by atoms with Crippen molar-refractivity contribution in [2.75, 3.05) is 11.3 Å². The first-order valence-corrected chi connectivity index (χ1v) is 11.4. The minimum atomic E-state index is -1.55. The third kappa shape index (κ3) is 3.92. The smallest absolute Gasteiger partial charge is 0.235 e. The van der Waals surface area contributed by atoms with Gasteiger partial charge in [0.25, 0.3) is 0 Å². The minimum absolute atomic E-state index is 0.107. The maximum absolute atomic E-state index is 12.9. The Balaban J connectivity index is 1.47. The highest BCUT2D eigenvalue weighted by Gasteiger charge is 2.18. The topological polar surface area (TPSA) is 132 Å². The molecule has 0 aliphatic carbocycles. The minimum Gasteiger partial charge on any atom is -0.504 e. The van der Waals surface area contributed by atoms with E-state index in [1.54, 1.807) is 6.07 Å². The highest BCUT2D eigenvalue weighted by molar-refractivity contribution is 7.86. The van der Waals surface area contributed by atoms with Crippen LogP contribution in [0.25, 0.3) is 22.3 Å². The Hall–Kier alpha value is -3.82. The van der Waals surface area contributed by atoms with Gasteiger partial charge in [0.05, 0.1) is 10.3 Å². The molecule has 0 saturated carbocycles. The van der Waals surface area contributed by atoms with Gasteiger partial charge in [-0.3, -0.25) is 4.79 Å². The second kappa shape index (κ2) is 8.27. The van der Waals surface area contributed by atoms with Crippen LogP contribution in [0.4, 0.5) is 5.69 Å². The van der Waals surface area contributed by atoms with Crippen LogP contribution in [0.5, 0.6) is 17.2 Å². The van der Waals surface area contributed by atoms with E-state index in [-0.39, 0.29) is 28.0 Å². The molecule has 0 amide bonds. The van der Waals surface area contributed by atoms with Gasteiger partial charge in [-0.15, -0.1) is 0 Å². The molecule has 9 heteroatoms. The van der Waals surface area contributed by atoms with E-state index in [9.17, 15) is 24.3 Å². The fraction of sp³-hybridized carbons (Fsp3) is 0.125. The number of hydrogen-bond donors (Lipinski definition) is 5. The van der Waals surface area contributed by atoms with E-state index in [4.69, 9.17) is 4.42 Å². The van der Waals surface area contributed by atoms with Crippen LogP contribution in [-0.4, -0.2) is 26.1 Å². The molecule has 0 bridgehead atoms. The molecule has 1 atom stereocenters. The van der Waals surface area contributed by atoms with E-state index >= 15 is 0 Å². The lowest BCUT2D eigenvalue weighted by Crippen LogP contribution is -2.23. The lowest BCUT2D eigenvalue weighted by Gasteiger charge is -2.17. The maximum Gasteiger partial charge on any atom is 0.235 e. The summed E-state index contributed by atoms with van der Waals surface area (Å²) in [7, 11) is -1.55. The third-order valence-corrected chi connectivity index (χ3v) is 6.70. The Morgan fingerprint density at radius 1 is 0.939 bits per heavy atom. The zero-order chi connectivity index (χ0) is 23.1. The van der Waals surface area contributed by atoms with E-state index in [0.29, 0.717) is 10.6 Å². The van der Waals surface area contributed by atoms with E-state index in [0.717, 1.165) is 25.1 Å². The first-order valence-electron chi connectivity index (χ1n) is 10.2. The average molecular weight is 464 g/mol. The maximum atomic E-state index is 12.9. The number of aromatic hydroxyl groups is 3. The molecule has 1 aromatic heterocycles. The average Bonchev–Trinajstić information content (AvgIpc) is 2.83. The van der Waals surface area contributed by atoms with Gasteiger partial charge >= 0.3 is 0 Å². The molecule has 0 radical (unpaired) electrons. The van der Waals surface area contributed by atoms with Crippen molar-refractivity contribution in [1.82, 2.24) is 5.32 Å². The summed E-state index contributed by atoms with van der Waals surface area (Å²) in [4.78, 5) is 13.4. The molecule has 0 fully saturated rings. The number of rotatable bonds is 4. The Kier molecular flexibility index (Phi) is 5.27. The van der Waals surface area contributed by atoms with Crippen LogP contribution in [0.15, 0.2) is 68.7 Å². The lowest BCUT2D eigenvalue weighted by atomic mass is 10.0. The SMILES string of the molecule is O=c1c(O)c(-c2ccc(O)c(O)c2)oc2ccc(NS(=O)c3ccc4c(c3)CNCC4)cc12. The predicted octanol–water partition coefficient (Wildman–Crippen LogP) is 3.36. The zero-order valence-corrected chi connectivity index (χ0v) is 18.1. The highest BCUT2D eigenvalue weighted by atomic mass is 32.2. The lowest BCUT2D eigenvalue weighted by molar-refractivity contribution is 0.403. The van der Waals surface area contributed by atoms with Crippen molar-refractivity contribution in [3.8, 4) is 28.6 Å². The van der Waals surface area contributed by atoms with Crippen LogP contribution in [0, 0.1) is 0 Å². The van der Waals surface area contributed by atoms with Crippen molar-refractivity contribution < 1.29 is 23.9 Å². The Morgan fingerprint density at radius 2 is 1.79 bits per heavy atom. The summed E-state index contributed by atoms with van der Waals surface area (Å²) in [6.45, 7) is 1.66. The van der Waals surface area contributed by atoms with Crippen LogP contribution >= 0.6 is 0 Å². The summed E-state index contributed by atoms with van der Waals surface area (Å²) >= 11 is 0. The molecular formula is C24H20N2O6S. The molecule has 1 aliphatic heterocycles. The van der Waals surface area contributed by atoms with Crippen LogP contribution in [0.2, 0.25) is 0 Å². The molecule has 3 aromatic carbocycles. The van der Waals surface area contributed by atoms with Gasteiger partial charge in [-0.05, 0) is 72.6 Å². The highest BCUT2D eigenvalue weighted by Crippen LogP contribution is 2.35. The number of phenols is 2. The summed E-state index contributed by atoms with van der Waals surface area (Å²) in [5, 5.41) is 33.1. The van der Waals surface area contributed by atoms with Gasteiger partial charge < -0.3 is 29.8 Å². The van der Waals surface area contributed by atoms with Gasteiger partial charge in [-0.1, -0.05) is 6.07 Å². The molecule has 4 aromatic rings. The molecule has 2 heterocycles. The molecular weight excluding hydrogens is 444 g/mol. The molecule has 0 saturated heterocycles. The number of nitrogens with one attached hydrogen (secondary N) is 2. The molecule has 8 nitrogen and oxygen atoms in total. The van der Waals surface area contributed by atoms with Gasteiger partial charge in [0, 0.05) is 17.8 Å².